The zero-order valence-electron chi connectivity index (χ0n) is 11.9. The molecule has 5 nitrogen and oxygen atoms in total. The van der Waals surface area contributed by atoms with Crippen LogP contribution in [0.5, 0.6) is 5.75 Å². The molecule has 0 fully saturated rings. The summed E-state index contributed by atoms with van der Waals surface area (Å²) < 4.78 is 16.4. The van der Waals surface area contributed by atoms with Gasteiger partial charge in [0.05, 0.1) is 18.4 Å². The molecule has 0 aliphatic heterocycles. The largest absolute Gasteiger partial charge is 0.489 e. The first kappa shape index (κ1) is 16.8. The molecule has 0 aromatic heterocycles. The highest BCUT2D eigenvalue weighted by atomic mass is 79.9. The van der Waals surface area contributed by atoms with E-state index in [1.807, 2.05) is 6.92 Å². The monoisotopic (exact) mass is 345 g/mol. The average molecular weight is 346 g/mol. The van der Waals surface area contributed by atoms with Crippen LogP contribution in [0.15, 0.2) is 16.6 Å². The van der Waals surface area contributed by atoms with Crippen molar-refractivity contribution in [2.24, 2.45) is 0 Å². The van der Waals surface area contributed by atoms with Gasteiger partial charge in [-0.15, -0.1) is 0 Å². The third kappa shape index (κ3) is 4.68. The maximum Gasteiger partial charge on any atom is 0.341 e. The minimum absolute atomic E-state index is 0.212. The van der Waals surface area contributed by atoms with Crippen molar-refractivity contribution >= 4 is 27.6 Å². The second-order valence-electron chi connectivity index (χ2n) is 4.33. The number of esters is 1. The number of carbonyl (C=O) groups is 1. The van der Waals surface area contributed by atoms with Crippen molar-refractivity contribution in [1.29, 1.82) is 0 Å². The van der Waals surface area contributed by atoms with Crippen molar-refractivity contribution in [1.82, 2.24) is 0 Å². The Morgan fingerprint density at radius 1 is 1.35 bits per heavy atom. The third-order valence-corrected chi connectivity index (χ3v) is 3.05. The van der Waals surface area contributed by atoms with Gasteiger partial charge in [0.2, 0.25) is 0 Å². The van der Waals surface area contributed by atoms with Gasteiger partial charge in [0.15, 0.2) is 0 Å². The quantitative estimate of drug-likeness (QED) is 0.467. The molecule has 0 saturated heterocycles. The van der Waals surface area contributed by atoms with Crippen molar-refractivity contribution in [3.63, 3.8) is 0 Å². The SMILES string of the molecule is CCOCCOc1ccc(Br)c(C(=O)OC(C)C)c1N. The third-order valence-electron chi connectivity index (χ3n) is 2.39. The van der Waals surface area contributed by atoms with Gasteiger partial charge in [0, 0.05) is 11.1 Å². The van der Waals surface area contributed by atoms with E-state index in [1.165, 1.54) is 0 Å². The van der Waals surface area contributed by atoms with Gasteiger partial charge in [0.1, 0.15) is 17.9 Å². The van der Waals surface area contributed by atoms with Crippen LogP contribution in [0.3, 0.4) is 0 Å². The van der Waals surface area contributed by atoms with E-state index in [0.29, 0.717) is 30.0 Å². The topological polar surface area (TPSA) is 70.8 Å². The summed E-state index contributed by atoms with van der Waals surface area (Å²) in [6.45, 7) is 6.95. The molecular formula is C14H20BrNO4. The Labute approximate surface area is 127 Å². The smallest absolute Gasteiger partial charge is 0.341 e. The lowest BCUT2D eigenvalue weighted by Gasteiger charge is -2.15. The van der Waals surface area contributed by atoms with Gasteiger partial charge in [-0.3, -0.25) is 0 Å². The van der Waals surface area contributed by atoms with Crippen LogP contribution in [-0.2, 0) is 9.47 Å². The van der Waals surface area contributed by atoms with Gasteiger partial charge in [-0.2, -0.15) is 0 Å². The number of benzene rings is 1. The zero-order chi connectivity index (χ0) is 15.1. The molecule has 0 radical (unpaired) electrons. The van der Waals surface area contributed by atoms with Crippen molar-refractivity contribution in [2.45, 2.75) is 26.9 Å². The molecule has 2 N–H and O–H groups in total. The van der Waals surface area contributed by atoms with Crippen LogP contribution >= 0.6 is 15.9 Å². The van der Waals surface area contributed by atoms with Gasteiger partial charge in [-0.05, 0) is 48.8 Å². The number of rotatable bonds is 7. The fourth-order valence-electron chi connectivity index (χ4n) is 1.54. The summed E-state index contributed by atoms with van der Waals surface area (Å²) in [5.41, 5.74) is 6.53. The van der Waals surface area contributed by atoms with Crippen LogP contribution in [0, 0.1) is 0 Å². The molecular weight excluding hydrogens is 326 g/mol. The number of anilines is 1. The van der Waals surface area contributed by atoms with Crippen LogP contribution in [0.2, 0.25) is 0 Å². The summed E-state index contributed by atoms with van der Waals surface area (Å²) in [5.74, 6) is -0.0248. The molecule has 0 unspecified atom stereocenters. The number of nitrogens with two attached hydrogens (primary N) is 1. The summed E-state index contributed by atoms with van der Waals surface area (Å²) in [6.07, 6.45) is -0.212. The minimum Gasteiger partial charge on any atom is -0.489 e. The molecule has 1 rings (SSSR count). The fraction of sp³-hybridized carbons (Fsp3) is 0.500. The molecule has 0 atom stereocenters. The second-order valence-corrected chi connectivity index (χ2v) is 5.19. The maximum atomic E-state index is 12.0. The second kappa shape index (κ2) is 8.11. The number of nitrogen functional groups attached to an aromatic ring is 1. The van der Waals surface area contributed by atoms with Crippen molar-refractivity contribution in [2.75, 3.05) is 25.6 Å². The van der Waals surface area contributed by atoms with Gasteiger partial charge >= 0.3 is 5.97 Å². The van der Waals surface area contributed by atoms with E-state index in [9.17, 15) is 4.79 Å². The van der Waals surface area contributed by atoms with Crippen LogP contribution in [0.4, 0.5) is 5.69 Å². The summed E-state index contributed by atoms with van der Waals surface area (Å²) >= 11 is 3.30. The minimum atomic E-state index is -0.473. The molecule has 1 aromatic rings. The van der Waals surface area contributed by atoms with Crippen LogP contribution in [-0.4, -0.2) is 31.9 Å². The first-order chi connectivity index (χ1) is 9.47. The molecule has 0 aliphatic rings. The molecule has 0 aliphatic carbocycles. The van der Waals surface area contributed by atoms with Crippen LogP contribution < -0.4 is 10.5 Å². The number of ether oxygens (including phenoxy) is 3. The Morgan fingerprint density at radius 3 is 2.65 bits per heavy atom. The Hall–Kier alpha value is -1.27. The van der Waals surface area contributed by atoms with E-state index in [0.717, 1.165) is 0 Å². The Kier molecular flexibility index (Phi) is 6.81. The fourth-order valence-corrected chi connectivity index (χ4v) is 2.04. The zero-order valence-corrected chi connectivity index (χ0v) is 13.5. The summed E-state index contributed by atoms with van der Waals surface area (Å²) in [6, 6.07) is 3.42. The number of halogens is 1. The average Bonchev–Trinajstić information content (AvgIpc) is 2.36. The van der Waals surface area contributed by atoms with Gasteiger partial charge in [-0.1, -0.05) is 0 Å². The molecule has 0 spiro atoms. The molecule has 0 bridgehead atoms. The van der Waals surface area contributed by atoms with E-state index in [1.54, 1.807) is 26.0 Å². The summed E-state index contributed by atoms with van der Waals surface area (Å²) in [7, 11) is 0. The molecule has 0 heterocycles. The number of carbonyl (C=O) groups excluding carboxylic acids is 1. The number of hydrogen-bond donors (Lipinski definition) is 1. The summed E-state index contributed by atoms with van der Waals surface area (Å²) in [5, 5.41) is 0. The predicted octanol–water partition coefficient (Wildman–Crippen LogP) is 3.01. The predicted molar refractivity (Wildman–Crippen MR) is 81.1 cm³/mol. The Morgan fingerprint density at radius 2 is 2.05 bits per heavy atom. The lowest BCUT2D eigenvalue weighted by molar-refractivity contribution is 0.0377. The highest BCUT2D eigenvalue weighted by molar-refractivity contribution is 9.10. The van der Waals surface area contributed by atoms with Crippen LogP contribution in [0.25, 0.3) is 0 Å². The van der Waals surface area contributed by atoms with Crippen molar-refractivity contribution < 1.29 is 19.0 Å². The van der Waals surface area contributed by atoms with E-state index >= 15 is 0 Å². The standard InChI is InChI=1S/C14H20BrNO4/c1-4-18-7-8-19-11-6-5-10(15)12(13(11)16)14(17)20-9(2)3/h5-6,9H,4,7-8,16H2,1-3H3. The molecule has 6 heteroatoms. The van der Waals surface area contributed by atoms with E-state index in [2.05, 4.69) is 15.9 Å². The first-order valence-electron chi connectivity index (χ1n) is 6.46. The Bertz CT molecular complexity index is 463. The molecule has 20 heavy (non-hydrogen) atoms. The van der Waals surface area contributed by atoms with Gasteiger partial charge < -0.3 is 19.9 Å². The lowest BCUT2D eigenvalue weighted by Crippen LogP contribution is -2.15. The lowest BCUT2D eigenvalue weighted by atomic mass is 10.1. The first-order valence-corrected chi connectivity index (χ1v) is 7.26. The van der Waals surface area contributed by atoms with Gasteiger partial charge in [0.25, 0.3) is 0 Å². The number of hydrogen-bond acceptors (Lipinski definition) is 5. The highest BCUT2D eigenvalue weighted by Gasteiger charge is 2.19. The molecule has 1 aromatic carbocycles. The molecule has 0 amide bonds. The van der Waals surface area contributed by atoms with Gasteiger partial charge in [-0.25, -0.2) is 4.79 Å². The van der Waals surface area contributed by atoms with Crippen LogP contribution in [0.1, 0.15) is 31.1 Å². The highest BCUT2D eigenvalue weighted by Crippen LogP contribution is 2.32. The molecule has 0 saturated carbocycles. The van der Waals surface area contributed by atoms with Crippen molar-refractivity contribution in [3.05, 3.63) is 22.2 Å². The normalized spacial score (nSPS) is 10.7. The van der Waals surface area contributed by atoms with Crippen molar-refractivity contribution in [3.8, 4) is 5.75 Å². The van der Waals surface area contributed by atoms with E-state index < -0.39 is 5.97 Å². The van der Waals surface area contributed by atoms with E-state index in [4.69, 9.17) is 19.9 Å². The van der Waals surface area contributed by atoms with E-state index in [-0.39, 0.29) is 17.4 Å². The molecule has 112 valence electrons. The maximum absolute atomic E-state index is 12.0. The summed E-state index contributed by atoms with van der Waals surface area (Å²) in [4.78, 5) is 12.0. The Balaban J connectivity index is 2.86.